The molecule has 0 radical (unpaired) electrons. The highest BCUT2D eigenvalue weighted by Gasteiger charge is 2.37. The number of hydrogen-bond acceptors (Lipinski definition) is 4. The van der Waals surface area contributed by atoms with Crippen molar-refractivity contribution in [3.8, 4) is 5.75 Å². The number of quaternary nitrogens is 1. The van der Waals surface area contributed by atoms with Crippen LogP contribution in [-0.4, -0.2) is 56.5 Å². The first-order valence-electron chi connectivity index (χ1n) is 10.0. The van der Waals surface area contributed by atoms with Crippen LogP contribution in [0.4, 0.5) is 5.69 Å². The number of ether oxygens (including phenoxy) is 1. The zero-order chi connectivity index (χ0) is 20.4. The van der Waals surface area contributed by atoms with Gasteiger partial charge in [-0.1, -0.05) is 30.3 Å². The van der Waals surface area contributed by atoms with Crippen LogP contribution in [0.15, 0.2) is 54.7 Å². The average molecular weight is 392 g/mol. The van der Waals surface area contributed by atoms with Gasteiger partial charge in [0.05, 0.1) is 51.1 Å². The first-order valence-corrected chi connectivity index (χ1v) is 10.0. The van der Waals surface area contributed by atoms with Crippen LogP contribution < -0.4 is 14.5 Å². The molecule has 0 spiro atoms. The van der Waals surface area contributed by atoms with Gasteiger partial charge in [0.25, 0.3) is 11.8 Å². The lowest BCUT2D eigenvalue weighted by Crippen LogP contribution is -3.14. The molecule has 29 heavy (non-hydrogen) atoms. The quantitative estimate of drug-likeness (QED) is 0.632. The summed E-state index contributed by atoms with van der Waals surface area (Å²) in [6, 6.07) is 14.4. The van der Waals surface area contributed by atoms with Gasteiger partial charge in [0.15, 0.2) is 0 Å². The molecule has 1 saturated heterocycles. The minimum Gasteiger partial charge on any atom is -0.495 e. The van der Waals surface area contributed by atoms with E-state index in [9.17, 15) is 9.59 Å². The molecule has 2 amide bonds. The van der Waals surface area contributed by atoms with Crippen molar-refractivity contribution in [3.05, 3.63) is 65.9 Å². The second kappa shape index (κ2) is 8.09. The van der Waals surface area contributed by atoms with E-state index in [2.05, 4.69) is 11.8 Å². The monoisotopic (exact) mass is 392 g/mol. The Balaban J connectivity index is 1.77. The van der Waals surface area contributed by atoms with Crippen molar-refractivity contribution in [2.75, 3.05) is 44.7 Å². The summed E-state index contributed by atoms with van der Waals surface area (Å²) >= 11 is 0. The van der Waals surface area contributed by atoms with Crippen molar-refractivity contribution >= 4 is 23.1 Å². The number of piperazine rings is 1. The fourth-order valence-corrected chi connectivity index (χ4v) is 4.02. The van der Waals surface area contributed by atoms with E-state index in [4.69, 9.17) is 4.74 Å². The molecule has 0 unspecified atom stereocenters. The molecule has 0 aliphatic carbocycles. The Labute approximate surface area is 171 Å². The Morgan fingerprint density at radius 2 is 1.62 bits per heavy atom. The maximum absolute atomic E-state index is 13.5. The van der Waals surface area contributed by atoms with E-state index in [1.54, 1.807) is 29.2 Å². The molecule has 6 heteroatoms. The second-order valence-electron chi connectivity index (χ2n) is 7.35. The summed E-state index contributed by atoms with van der Waals surface area (Å²) in [4.78, 5) is 31.7. The standard InChI is InChI=1S/C23H25N3O3/c1-3-24-12-14-25(15-13-24)16-19-17-8-4-5-9-18(17)22(27)26(23(19)28)20-10-6-7-11-21(20)29-2/h4-11,16H,3,12-15H2,1-2H3/p+1. The smallest absolute Gasteiger partial charge is 0.267 e. The van der Waals surface area contributed by atoms with E-state index in [1.165, 1.54) is 12.0 Å². The van der Waals surface area contributed by atoms with E-state index in [-0.39, 0.29) is 11.8 Å². The fourth-order valence-electron chi connectivity index (χ4n) is 4.02. The lowest BCUT2D eigenvalue weighted by molar-refractivity contribution is -0.902. The van der Waals surface area contributed by atoms with Gasteiger partial charge in [-0.2, -0.15) is 0 Å². The summed E-state index contributed by atoms with van der Waals surface area (Å²) in [6.45, 7) is 7.19. The van der Waals surface area contributed by atoms with Gasteiger partial charge in [0.1, 0.15) is 5.75 Å². The Hall–Kier alpha value is -3.12. The van der Waals surface area contributed by atoms with Gasteiger partial charge in [-0.3, -0.25) is 9.59 Å². The second-order valence-corrected chi connectivity index (χ2v) is 7.35. The number of imide groups is 1. The number of nitrogens with zero attached hydrogens (tertiary/aromatic N) is 2. The van der Waals surface area contributed by atoms with Crippen molar-refractivity contribution in [3.63, 3.8) is 0 Å². The van der Waals surface area contributed by atoms with Crippen LogP contribution in [0.2, 0.25) is 0 Å². The number of carbonyl (C=O) groups excluding carboxylic acids is 2. The lowest BCUT2D eigenvalue weighted by atomic mass is 9.93. The number of fused-ring (bicyclic) bond motifs is 1. The minimum absolute atomic E-state index is 0.316. The highest BCUT2D eigenvalue weighted by atomic mass is 16.5. The Morgan fingerprint density at radius 3 is 2.31 bits per heavy atom. The third-order valence-corrected chi connectivity index (χ3v) is 5.73. The van der Waals surface area contributed by atoms with Gasteiger partial charge < -0.3 is 14.5 Å². The van der Waals surface area contributed by atoms with Crippen molar-refractivity contribution in [2.24, 2.45) is 0 Å². The number of anilines is 1. The largest absolute Gasteiger partial charge is 0.495 e. The van der Waals surface area contributed by atoms with Gasteiger partial charge in [-0.15, -0.1) is 0 Å². The molecule has 6 nitrogen and oxygen atoms in total. The average Bonchev–Trinajstić information content (AvgIpc) is 2.77. The van der Waals surface area contributed by atoms with Gasteiger partial charge in [-0.05, 0) is 25.1 Å². The lowest BCUT2D eigenvalue weighted by Gasteiger charge is -2.33. The van der Waals surface area contributed by atoms with E-state index in [0.717, 1.165) is 32.7 Å². The van der Waals surface area contributed by atoms with Crippen LogP contribution >= 0.6 is 0 Å². The first-order chi connectivity index (χ1) is 14.1. The Bertz CT molecular complexity index is 961. The molecule has 1 fully saturated rings. The number of hydrogen-bond donors (Lipinski definition) is 1. The highest BCUT2D eigenvalue weighted by Crippen LogP contribution is 2.36. The molecule has 2 aromatic rings. The number of carbonyl (C=O) groups is 2. The molecule has 2 aliphatic rings. The van der Waals surface area contributed by atoms with Crippen LogP contribution in [0.1, 0.15) is 22.8 Å². The van der Waals surface area contributed by atoms with Gasteiger partial charge in [-0.25, -0.2) is 4.90 Å². The summed E-state index contributed by atoms with van der Waals surface area (Å²) in [5.74, 6) is -0.149. The number of para-hydroxylation sites is 2. The summed E-state index contributed by atoms with van der Waals surface area (Å²) in [5.41, 5.74) is 2.23. The third kappa shape index (κ3) is 3.51. The van der Waals surface area contributed by atoms with Gasteiger partial charge in [0, 0.05) is 17.3 Å². The summed E-state index contributed by atoms with van der Waals surface area (Å²) in [7, 11) is 1.54. The summed E-state index contributed by atoms with van der Waals surface area (Å²) < 4.78 is 5.41. The van der Waals surface area contributed by atoms with Crippen molar-refractivity contribution in [2.45, 2.75) is 6.92 Å². The summed E-state index contributed by atoms with van der Waals surface area (Å²) in [5, 5.41) is 0. The van der Waals surface area contributed by atoms with Crippen molar-refractivity contribution in [1.82, 2.24) is 4.90 Å². The highest BCUT2D eigenvalue weighted by molar-refractivity contribution is 6.41. The van der Waals surface area contributed by atoms with Crippen LogP contribution in [0.25, 0.3) is 5.57 Å². The third-order valence-electron chi connectivity index (χ3n) is 5.73. The van der Waals surface area contributed by atoms with E-state index in [0.29, 0.717) is 28.1 Å². The molecule has 150 valence electrons. The van der Waals surface area contributed by atoms with Crippen molar-refractivity contribution in [1.29, 1.82) is 0 Å². The Kier molecular flexibility index (Phi) is 5.36. The zero-order valence-corrected chi connectivity index (χ0v) is 16.9. The first kappa shape index (κ1) is 19.2. The van der Waals surface area contributed by atoms with Crippen LogP contribution in [0, 0.1) is 0 Å². The van der Waals surface area contributed by atoms with E-state index >= 15 is 0 Å². The molecular formula is C23H26N3O3+. The van der Waals surface area contributed by atoms with E-state index < -0.39 is 0 Å². The van der Waals surface area contributed by atoms with E-state index in [1.807, 2.05) is 30.5 Å². The van der Waals surface area contributed by atoms with Crippen LogP contribution in [0.3, 0.4) is 0 Å². The molecule has 0 atom stereocenters. The zero-order valence-electron chi connectivity index (χ0n) is 16.9. The molecule has 0 saturated carbocycles. The molecule has 0 aromatic heterocycles. The number of nitrogens with one attached hydrogen (secondary N) is 1. The van der Waals surface area contributed by atoms with Gasteiger partial charge in [0.2, 0.25) is 0 Å². The number of amides is 2. The predicted octanol–water partition coefficient (Wildman–Crippen LogP) is 1.44. The predicted molar refractivity (Wildman–Crippen MR) is 112 cm³/mol. The SMILES string of the molecule is CC[NH+]1CCN(C=C2C(=O)N(c3ccccc3OC)C(=O)c3ccccc32)CC1. The fraction of sp³-hybridized carbons (Fsp3) is 0.304. The molecule has 2 aromatic carbocycles. The molecule has 2 aliphatic heterocycles. The molecule has 2 heterocycles. The number of methoxy groups -OCH3 is 1. The molecule has 0 bridgehead atoms. The van der Waals surface area contributed by atoms with Crippen molar-refractivity contribution < 1.29 is 19.2 Å². The van der Waals surface area contributed by atoms with Gasteiger partial charge >= 0.3 is 0 Å². The van der Waals surface area contributed by atoms with Crippen LogP contribution in [-0.2, 0) is 4.79 Å². The number of likely N-dealkylation sites (N-methyl/N-ethyl adjacent to an activating group) is 1. The number of benzene rings is 2. The normalized spacial score (nSPS) is 18.9. The van der Waals surface area contributed by atoms with Crippen LogP contribution in [0.5, 0.6) is 5.75 Å². The topological polar surface area (TPSA) is 54.3 Å². The Morgan fingerprint density at radius 1 is 0.966 bits per heavy atom. The number of rotatable bonds is 4. The molecule has 4 rings (SSSR count). The summed E-state index contributed by atoms with van der Waals surface area (Å²) in [6.07, 6.45) is 1.93. The minimum atomic E-state index is -0.326. The maximum atomic E-state index is 13.5. The molecular weight excluding hydrogens is 366 g/mol. The molecule has 1 N–H and O–H groups in total. The maximum Gasteiger partial charge on any atom is 0.267 e.